The lowest BCUT2D eigenvalue weighted by Gasteiger charge is -2.14. The lowest BCUT2D eigenvalue weighted by Crippen LogP contribution is -2.33. The largest absolute Gasteiger partial charge is 0.377 e. The van der Waals surface area contributed by atoms with Gasteiger partial charge in [-0.1, -0.05) is 11.6 Å². The molecule has 2 nitrogen and oxygen atoms in total. The Hall–Kier alpha value is -0.0900. The number of halogens is 1. The number of hydrogen-bond acceptors (Lipinski definition) is 3. The highest BCUT2D eigenvalue weighted by Gasteiger charge is 2.23. The quantitative estimate of drug-likeness (QED) is 0.864. The van der Waals surface area contributed by atoms with Crippen LogP contribution in [0.3, 0.4) is 0 Å². The number of ether oxygens (including phenoxy) is 1. The fourth-order valence-corrected chi connectivity index (χ4v) is 2.72. The minimum Gasteiger partial charge on any atom is -0.377 e. The van der Waals surface area contributed by atoms with Crippen molar-refractivity contribution in [2.45, 2.75) is 32.0 Å². The highest BCUT2D eigenvalue weighted by atomic mass is 35.5. The molecule has 0 spiro atoms. The predicted octanol–water partition coefficient (Wildman–Crippen LogP) is 2.67. The average Bonchev–Trinajstić information content (AvgIpc) is 2.72. The maximum absolute atomic E-state index is 5.85. The van der Waals surface area contributed by atoms with Crippen LogP contribution < -0.4 is 5.32 Å². The van der Waals surface area contributed by atoms with E-state index in [-0.39, 0.29) is 0 Å². The van der Waals surface area contributed by atoms with E-state index in [2.05, 4.69) is 18.3 Å². The number of thiophene rings is 1. The van der Waals surface area contributed by atoms with Gasteiger partial charge in [-0.15, -0.1) is 11.3 Å². The van der Waals surface area contributed by atoms with Gasteiger partial charge in [-0.05, 0) is 25.5 Å². The van der Waals surface area contributed by atoms with Gasteiger partial charge < -0.3 is 10.1 Å². The highest BCUT2D eigenvalue weighted by molar-refractivity contribution is 7.16. The van der Waals surface area contributed by atoms with Crippen molar-refractivity contribution in [3.05, 3.63) is 21.3 Å². The molecule has 1 saturated heterocycles. The van der Waals surface area contributed by atoms with Gasteiger partial charge in [0, 0.05) is 24.1 Å². The summed E-state index contributed by atoms with van der Waals surface area (Å²) < 4.78 is 6.33. The van der Waals surface area contributed by atoms with Gasteiger partial charge in [0.1, 0.15) is 0 Å². The number of nitrogens with one attached hydrogen (secondary N) is 1. The van der Waals surface area contributed by atoms with E-state index in [0.29, 0.717) is 12.1 Å². The molecule has 2 unspecified atom stereocenters. The van der Waals surface area contributed by atoms with E-state index >= 15 is 0 Å². The fourth-order valence-electron chi connectivity index (χ4n) is 1.68. The van der Waals surface area contributed by atoms with Gasteiger partial charge in [0.25, 0.3) is 0 Å². The third kappa shape index (κ3) is 2.48. The van der Waals surface area contributed by atoms with Gasteiger partial charge >= 0.3 is 0 Å². The van der Waals surface area contributed by atoms with Gasteiger partial charge in [-0.2, -0.15) is 0 Å². The molecule has 1 N–H and O–H groups in total. The lowest BCUT2D eigenvalue weighted by molar-refractivity contribution is 0.113. The third-order valence-corrected chi connectivity index (χ3v) is 3.77. The summed E-state index contributed by atoms with van der Waals surface area (Å²) in [5.41, 5.74) is 0. The molecule has 14 heavy (non-hydrogen) atoms. The Kier molecular flexibility index (Phi) is 3.44. The summed E-state index contributed by atoms with van der Waals surface area (Å²) in [4.78, 5) is 1.29. The van der Waals surface area contributed by atoms with E-state index in [1.165, 1.54) is 4.88 Å². The normalized spacial score (nSPS) is 27.0. The van der Waals surface area contributed by atoms with E-state index in [9.17, 15) is 0 Å². The van der Waals surface area contributed by atoms with Gasteiger partial charge in [0.2, 0.25) is 0 Å². The van der Waals surface area contributed by atoms with Crippen LogP contribution in [0.2, 0.25) is 4.34 Å². The molecule has 0 saturated carbocycles. The van der Waals surface area contributed by atoms with Crippen LogP contribution in [0.25, 0.3) is 0 Å². The first-order chi connectivity index (χ1) is 6.75. The Morgan fingerprint density at radius 1 is 1.64 bits per heavy atom. The molecule has 0 aromatic carbocycles. The minimum atomic E-state index is 0.338. The second kappa shape index (κ2) is 4.62. The van der Waals surface area contributed by atoms with Crippen molar-refractivity contribution in [2.24, 2.45) is 0 Å². The van der Waals surface area contributed by atoms with Crippen LogP contribution in [0.5, 0.6) is 0 Å². The molecule has 0 radical (unpaired) electrons. The topological polar surface area (TPSA) is 21.3 Å². The monoisotopic (exact) mass is 231 g/mol. The van der Waals surface area contributed by atoms with E-state index in [1.807, 2.05) is 6.07 Å². The summed E-state index contributed by atoms with van der Waals surface area (Å²) in [6.45, 7) is 3.89. The van der Waals surface area contributed by atoms with Crippen molar-refractivity contribution < 1.29 is 4.74 Å². The molecule has 2 heterocycles. The standard InChI is InChI=1S/C10H14ClNOS/c1-7-9(4-5-13-7)12-6-8-2-3-10(11)14-8/h2-3,7,9,12H,4-6H2,1H3. The van der Waals surface area contributed by atoms with Crippen LogP contribution in [-0.4, -0.2) is 18.8 Å². The molecule has 1 aliphatic rings. The summed E-state index contributed by atoms with van der Waals surface area (Å²) in [5, 5.41) is 3.49. The lowest BCUT2D eigenvalue weighted by atomic mass is 10.1. The van der Waals surface area contributed by atoms with E-state index in [1.54, 1.807) is 11.3 Å². The van der Waals surface area contributed by atoms with Gasteiger partial charge in [-0.25, -0.2) is 0 Å². The Labute approximate surface area is 93.2 Å². The van der Waals surface area contributed by atoms with E-state index in [0.717, 1.165) is 23.9 Å². The zero-order valence-corrected chi connectivity index (χ0v) is 9.70. The first kappa shape index (κ1) is 10.4. The molecule has 1 aliphatic heterocycles. The van der Waals surface area contributed by atoms with E-state index in [4.69, 9.17) is 16.3 Å². The van der Waals surface area contributed by atoms with Crippen LogP contribution >= 0.6 is 22.9 Å². The number of hydrogen-bond donors (Lipinski definition) is 1. The maximum Gasteiger partial charge on any atom is 0.0931 e. The van der Waals surface area contributed by atoms with Crippen molar-refractivity contribution in [3.63, 3.8) is 0 Å². The summed E-state index contributed by atoms with van der Waals surface area (Å²) in [5.74, 6) is 0. The SMILES string of the molecule is CC1OCCC1NCc1ccc(Cl)s1. The Morgan fingerprint density at radius 3 is 3.07 bits per heavy atom. The second-order valence-electron chi connectivity index (χ2n) is 3.56. The summed E-state index contributed by atoms with van der Waals surface area (Å²) in [7, 11) is 0. The van der Waals surface area contributed by atoms with Gasteiger partial charge in [-0.3, -0.25) is 0 Å². The van der Waals surface area contributed by atoms with Gasteiger partial charge in [0.05, 0.1) is 10.4 Å². The smallest absolute Gasteiger partial charge is 0.0931 e. The van der Waals surface area contributed by atoms with Gasteiger partial charge in [0.15, 0.2) is 0 Å². The predicted molar refractivity (Wildman–Crippen MR) is 60.0 cm³/mol. The Bertz CT molecular complexity index is 302. The fraction of sp³-hybridized carbons (Fsp3) is 0.600. The molecular formula is C10H14ClNOS. The van der Waals surface area contributed by atoms with Crippen LogP contribution in [-0.2, 0) is 11.3 Å². The van der Waals surface area contributed by atoms with Crippen LogP contribution in [0.1, 0.15) is 18.2 Å². The van der Waals surface area contributed by atoms with Crippen molar-refractivity contribution in [2.75, 3.05) is 6.61 Å². The number of rotatable bonds is 3. The third-order valence-electron chi connectivity index (χ3n) is 2.54. The van der Waals surface area contributed by atoms with Crippen molar-refractivity contribution in [1.82, 2.24) is 5.32 Å². The molecule has 0 bridgehead atoms. The molecule has 2 atom stereocenters. The zero-order chi connectivity index (χ0) is 9.97. The van der Waals surface area contributed by atoms with Crippen molar-refractivity contribution in [3.8, 4) is 0 Å². The maximum atomic E-state index is 5.85. The van der Waals surface area contributed by atoms with Crippen LogP contribution in [0, 0.1) is 0 Å². The van der Waals surface area contributed by atoms with Crippen molar-refractivity contribution in [1.29, 1.82) is 0 Å². The minimum absolute atomic E-state index is 0.338. The van der Waals surface area contributed by atoms with Crippen LogP contribution in [0.4, 0.5) is 0 Å². The van der Waals surface area contributed by atoms with E-state index < -0.39 is 0 Å². The van der Waals surface area contributed by atoms with Crippen molar-refractivity contribution >= 4 is 22.9 Å². The molecule has 1 fully saturated rings. The summed E-state index contributed by atoms with van der Waals surface area (Å²) >= 11 is 7.48. The molecule has 4 heteroatoms. The first-order valence-corrected chi connectivity index (χ1v) is 6.04. The summed E-state index contributed by atoms with van der Waals surface area (Å²) in [6.07, 6.45) is 1.45. The molecular weight excluding hydrogens is 218 g/mol. The molecule has 1 aromatic rings. The Balaban J connectivity index is 1.82. The first-order valence-electron chi connectivity index (χ1n) is 4.85. The molecule has 78 valence electrons. The molecule has 0 aliphatic carbocycles. The molecule has 1 aromatic heterocycles. The molecule has 2 rings (SSSR count). The Morgan fingerprint density at radius 2 is 2.50 bits per heavy atom. The molecule has 0 amide bonds. The summed E-state index contributed by atoms with van der Waals surface area (Å²) in [6, 6.07) is 4.51. The second-order valence-corrected chi connectivity index (χ2v) is 5.36. The zero-order valence-electron chi connectivity index (χ0n) is 8.13. The van der Waals surface area contributed by atoms with Crippen LogP contribution in [0.15, 0.2) is 12.1 Å². The highest BCUT2D eigenvalue weighted by Crippen LogP contribution is 2.22. The average molecular weight is 232 g/mol.